The molecular weight excluding hydrogens is 348 g/mol. The zero-order chi connectivity index (χ0) is 17.1. The van der Waals surface area contributed by atoms with E-state index < -0.39 is 4.92 Å². The van der Waals surface area contributed by atoms with Crippen molar-refractivity contribution < 1.29 is 9.72 Å². The van der Waals surface area contributed by atoms with Gasteiger partial charge in [0.1, 0.15) is 0 Å². The number of non-ortho nitro benzene ring substituents is 1. The molecule has 124 valence electrons. The van der Waals surface area contributed by atoms with Gasteiger partial charge in [0.15, 0.2) is 0 Å². The standard InChI is InChI=1S/C17H15ClN2O3S/c18-14-5-1-2-6-16(14)24-11-17(21)19-9-3-4-12-10-13(20(22)23)7-8-15(12)19/h1-2,5-8,10H,3-4,9,11H2. The Kier molecular flexibility index (Phi) is 5.06. The Morgan fingerprint density at radius 2 is 2.08 bits per heavy atom. The number of carbonyl (C=O) groups is 1. The van der Waals surface area contributed by atoms with Crippen molar-refractivity contribution in [3.8, 4) is 0 Å². The lowest BCUT2D eigenvalue weighted by molar-refractivity contribution is -0.384. The number of thioether (sulfide) groups is 1. The van der Waals surface area contributed by atoms with Gasteiger partial charge >= 0.3 is 0 Å². The van der Waals surface area contributed by atoms with E-state index >= 15 is 0 Å². The number of halogens is 1. The third-order valence-corrected chi connectivity index (χ3v) is 5.38. The van der Waals surface area contributed by atoms with Crippen molar-refractivity contribution in [3.63, 3.8) is 0 Å². The number of anilines is 1. The van der Waals surface area contributed by atoms with Crippen LogP contribution in [0.2, 0.25) is 5.02 Å². The molecule has 24 heavy (non-hydrogen) atoms. The average Bonchev–Trinajstić information content (AvgIpc) is 2.59. The van der Waals surface area contributed by atoms with E-state index in [1.165, 1.54) is 17.8 Å². The molecule has 7 heteroatoms. The maximum absolute atomic E-state index is 12.6. The molecule has 0 aromatic heterocycles. The summed E-state index contributed by atoms with van der Waals surface area (Å²) in [5.41, 5.74) is 1.69. The third-order valence-electron chi connectivity index (χ3n) is 3.88. The Bertz CT molecular complexity index is 797. The minimum Gasteiger partial charge on any atom is -0.311 e. The number of rotatable bonds is 4. The molecular formula is C17H15ClN2O3S. The molecule has 1 aliphatic heterocycles. The molecule has 0 radical (unpaired) electrons. The molecule has 0 bridgehead atoms. The first kappa shape index (κ1) is 16.8. The van der Waals surface area contributed by atoms with E-state index in [1.54, 1.807) is 23.1 Å². The van der Waals surface area contributed by atoms with Crippen LogP contribution in [0.15, 0.2) is 47.4 Å². The van der Waals surface area contributed by atoms with Gasteiger partial charge in [0.25, 0.3) is 5.69 Å². The van der Waals surface area contributed by atoms with E-state index in [-0.39, 0.29) is 17.3 Å². The minimum absolute atomic E-state index is 0.0188. The summed E-state index contributed by atoms with van der Waals surface area (Å²) in [6.45, 7) is 0.632. The van der Waals surface area contributed by atoms with Gasteiger partial charge in [-0.05, 0) is 36.6 Å². The number of carbonyl (C=O) groups excluding carboxylic acids is 1. The van der Waals surface area contributed by atoms with E-state index in [4.69, 9.17) is 11.6 Å². The first-order valence-corrected chi connectivity index (χ1v) is 8.87. The highest BCUT2D eigenvalue weighted by Crippen LogP contribution is 2.32. The van der Waals surface area contributed by atoms with Gasteiger partial charge in [0.05, 0.1) is 15.7 Å². The molecule has 0 N–H and O–H groups in total. The number of fused-ring (bicyclic) bond motifs is 1. The van der Waals surface area contributed by atoms with Crippen LogP contribution in [0.3, 0.4) is 0 Å². The summed E-state index contributed by atoms with van der Waals surface area (Å²) in [7, 11) is 0. The predicted molar refractivity (Wildman–Crippen MR) is 95.9 cm³/mol. The molecule has 0 saturated heterocycles. The van der Waals surface area contributed by atoms with E-state index in [2.05, 4.69) is 0 Å². The van der Waals surface area contributed by atoms with Gasteiger partial charge in [-0.15, -0.1) is 11.8 Å². The highest BCUT2D eigenvalue weighted by atomic mass is 35.5. The Labute approximate surface area is 148 Å². The molecule has 0 aliphatic carbocycles. The summed E-state index contributed by atoms with van der Waals surface area (Å²) in [6.07, 6.45) is 1.55. The zero-order valence-corrected chi connectivity index (χ0v) is 14.3. The Balaban J connectivity index is 1.75. The highest BCUT2D eigenvalue weighted by molar-refractivity contribution is 8.00. The number of hydrogen-bond acceptors (Lipinski definition) is 4. The fourth-order valence-corrected chi connectivity index (χ4v) is 3.85. The number of aryl methyl sites for hydroxylation is 1. The molecule has 0 atom stereocenters. The molecule has 1 heterocycles. The number of benzene rings is 2. The van der Waals surface area contributed by atoms with Gasteiger partial charge in [0, 0.05) is 29.3 Å². The fourth-order valence-electron chi connectivity index (χ4n) is 2.74. The van der Waals surface area contributed by atoms with E-state index in [0.717, 1.165) is 29.0 Å². The molecule has 1 aliphatic rings. The normalized spacial score (nSPS) is 13.5. The number of hydrogen-bond donors (Lipinski definition) is 0. The van der Waals surface area contributed by atoms with Crippen molar-refractivity contribution in [2.24, 2.45) is 0 Å². The van der Waals surface area contributed by atoms with Gasteiger partial charge in [0.2, 0.25) is 5.91 Å². The van der Waals surface area contributed by atoms with Gasteiger partial charge < -0.3 is 4.90 Å². The van der Waals surface area contributed by atoms with Crippen LogP contribution in [-0.4, -0.2) is 23.1 Å². The maximum atomic E-state index is 12.6. The van der Waals surface area contributed by atoms with Crippen molar-refractivity contribution in [2.75, 3.05) is 17.2 Å². The van der Waals surface area contributed by atoms with Crippen molar-refractivity contribution in [1.29, 1.82) is 0 Å². The van der Waals surface area contributed by atoms with Gasteiger partial charge in [-0.2, -0.15) is 0 Å². The summed E-state index contributed by atoms with van der Waals surface area (Å²) in [6, 6.07) is 12.1. The van der Waals surface area contributed by atoms with Gasteiger partial charge in [-0.1, -0.05) is 23.7 Å². The van der Waals surface area contributed by atoms with Crippen molar-refractivity contribution in [1.82, 2.24) is 0 Å². The molecule has 2 aromatic rings. The summed E-state index contributed by atoms with van der Waals surface area (Å²) in [5.74, 6) is 0.259. The van der Waals surface area contributed by atoms with Crippen molar-refractivity contribution >= 4 is 40.6 Å². The monoisotopic (exact) mass is 362 g/mol. The molecule has 0 fully saturated rings. The highest BCUT2D eigenvalue weighted by Gasteiger charge is 2.24. The average molecular weight is 363 g/mol. The predicted octanol–water partition coefficient (Wildman–Crippen LogP) is 4.32. The third kappa shape index (κ3) is 3.55. The lowest BCUT2D eigenvalue weighted by Gasteiger charge is -2.29. The van der Waals surface area contributed by atoms with Crippen molar-refractivity contribution in [2.45, 2.75) is 17.7 Å². The van der Waals surface area contributed by atoms with Crippen LogP contribution in [0.1, 0.15) is 12.0 Å². The molecule has 3 rings (SSSR count). The van der Waals surface area contributed by atoms with E-state index in [1.807, 2.05) is 18.2 Å². The van der Waals surface area contributed by atoms with E-state index in [9.17, 15) is 14.9 Å². The largest absolute Gasteiger partial charge is 0.311 e. The van der Waals surface area contributed by atoms with Crippen LogP contribution in [-0.2, 0) is 11.2 Å². The van der Waals surface area contributed by atoms with Crippen LogP contribution in [0.5, 0.6) is 0 Å². The second-order valence-corrected chi connectivity index (χ2v) is 6.86. The first-order valence-electron chi connectivity index (χ1n) is 7.51. The molecule has 1 amide bonds. The van der Waals surface area contributed by atoms with Crippen LogP contribution in [0.4, 0.5) is 11.4 Å². The van der Waals surface area contributed by atoms with Crippen LogP contribution in [0.25, 0.3) is 0 Å². The number of amides is 1. The van der Waals surface area contributed by atoms with Gasteiger partial charge in [-0.25, -0.2) is 0 Å². The summed E-state index contributed by atoms with van der Waals surface area (Å²) >= 11 is 7.51. The molecule has 2 aromatic carbocycles. The zero-order valence-electron chi connectivity index (χ0n) is 12.8. The molecule has 0 spiro atoms. The molecule has 5 nitrogen and oxygen atoms in total. The Hall–Kier alpha value is -2.05. The lowest BCUT2D eigenvalue weighted by atomic mass is 10.0. The van der Waals surface area contributed by atoms with Crippen LogP contribution >= 0.6 is 23.4 Å². The lowest BCUT2D eigenvalue weighted by Crippen LogP contribution is -2.36. The summed E-state index contributed by atoms with van der Waals surface area (Å²) in [5, 5.41) is 11.5. The summed E-state index contributed by atoms with van der Waals surface area (Å²) < 4.78 is 0. The summed E-state index contributed by atoms with van der Waals surface area (Å²) in [4.78, 5) is 25.7. The Morgan fingerprint density at radius 1 is 1.29 bits per heavy atom. The SMILES string of the molecule is O=C(CSc1ccccc1Cl)N1CCCc2cc([N+](=O)[O-])ccc21. The second-order valence-electron chi connectivity index (χ2n) is 5.44. The quantitative estimate of drug-likeness (QED) is 0.461. The second kappa shape index (κ2) is 7.23. The molecule has 0 unspecified atom stereocenters. The number of nitro groups is 1. The minimum atomic E-state index is -0.408. The Morgan fingerprint density at radius 3 is 2.83 bits per heavy atom. The number of nitro benzene ring substituents is 1. The molecule has 0 saturated carbocycles. The fraction of sp³-hybridized carbons (Fsp3) is 0.235. The topological polar surface area (TPSA) is 63.5 Å². The van der Waals surface area contributed by atoms with Gasteiger partial charge in [-0.3, -0.25) is 14.9 Å². The smallest absolute Gasteiger partial charge is 0.269 e. The van der Waals surface area contributed by atoms with Crippen LogP contribution < -0.4 is 4.90 Å². The van der Waals surface area contributed by atoms with Crippen molar-refractivity contribution in [3.05, 3.63) is 63.2 Å². The van der Waals surface area contributed by atoms with Crippen LogP contribution in [0, 0.1) is 10.1 Å². The number of nitrogens with zero attached hydrogens (tertiary/aromatic N) is 2. The maximum Gasteiger partial charge on any atom is 0.269 e. The van der Waals surface area contributed by atoms with E-state index in [0.29, 0.717) is 11.6 Å². The first-order chi connectivity index (χ1) is 11.6.